The second kappa shape index (κ2) is 7.87. The van der Waals surface area contributed by atoms with Crippen LogP contribution in [0.4, 0.5) is 11.6 Å². The second-order valence-corrected chi connectivity index (χ2v) is 5.40. The van der Waals surface area contributed by atoms with Crippen LogP contribution in [0.5, 0.6) is 0 Å². The predicted molar refractivity (Wildman–Crippen MR) is 97.8 cm³/mol. The Morgan fingerprint density at radius 1 is 0.667 bits per heavy atom. The Hall–Kier alpha value is -4.07. The van der Waals surface area contributed by atoms with Crippen molar-refractivity contribution in [2.24, 2.45) is 0 Å². The summed E-state index contributed by atoms with van der Waals surface area (Å²) in [5.74, 6) is -1.84. The maximum absolute atomic E-state index is 12.3. The average molecular weight is 362 g/mol. The topological polar surface area (TPSA) is 121 Å². The molecule has 2 amide bonds. The van der Waals surface area contributed by atoms with Gasteiger partial charge in [-0.15, -0.1) is 0 Å². The molecule has 0 saturated carbocycles. The molecule has 0 aliphatic carbocycles. The zero-order valence-corrected chi connectivity index (χ0v) is 13.9. The highest BCUT2D eigenvalue weighted by molar-refractivity contribution is 6.05. The van der Waals surface area contributed by atoms with Crippen LogP contribution in [0.25, 0.3) is 0 Å². The van der Waals surface area contributed by atoms with Gasteiger partial charge in [-0.2, -0.15) is 0 Å². The first-order valence-electron chi connectivity index (χ1n) is 7.88. The number of carboxylic acid groups (broad SMARTS) is 1. The quantitative estimate of drug-likeness (QED) is 0.641. The monoisotopic (exact) mass is 362 g/mol. The standard InChI is InChI=1S/C19H14N4O4/c24-17(12-6-2-1-3-7-12)22-15-10-4-8-13(20-15)18(25)23-16-11-5-9-14(21-16)19(26)27/h1-11H,(H,26,27)(H,20,22,24)(H,21,23,25). The summed E-state index contributed by atoms with van der Waals surface area (Å²) >= 11 is 0. The molecule has 0 unspecified atom stereocenters. The Morgan fingerprint density at radius 3 is 1.85 bits per heavy atom. The number of hydrogen-bond donors (Lipinski definition) is 3. The van der Waals surface area contributed by atoms with Crippen LogP contribution in [0.3, 0.4) is 0 Å². The Bertz CT molecular complexity index is 1010. The van der Waals surface area contributed by atoms with Crippen molar-refractivity contribution in [3.05, 3.63) is 83.7 Å². The van der Waals surface area contributed by atoms with E-state index in [1.807, 2.05) is 0 Å². The summed E-state index contributed by atoms with van der Waals surface area (Å²) in [5, 5.41) is 14.0. The van der Waals surface area contributed by atoms with Crippen molar-refractivity contribution < 1.29 is 19.5 Å². The van der Waals surface area contributed by atoms with Crippen molar-refractivity contribution in [3.63, 3.8) is 0 Å². The number of amides is 2. The van der Waals surface area contributed by atoms with Crippen molar-refractivity contribution >= 4 is 29.4 Å². The van der Waals surface area contributed by atoms with Gasteiger partial charge in [-0.1, -0.05) is 30.3 Å². The number of anilines is 2. The van der Waals surface area contributed by atoms with Crippen molar-refractivity contribution in [2.45, 2.75) is 0 Å². The molecule has 0 atom stereocenters. The number of nitrogens with zero attached hydrogens (tertiary/aromatic N) is 2. The molecule has 1 aromatic carbocycles. The van der Waals surface area contributed by atoms with Crippen LogP contribution in [-0.2, 0) is 0 Å². The summed E-state index contributed by atoms with van der Waals surface area (Å²) in [6.45, 7) is 0. The van der Waals surface area contributed by atoms with Crippen molar-refractivity contribution in [1.82, 2.24) is 9.97 Å². The van der Waals surface area contributed by atoms with Gasteiger partial charge in [-0.3, -0.25) is 9.59 Å². The molecule has 3 rings (SSSR count). The van der Waals surface area contributed by atoms with Crippen LogP contribution in [0.1, 0.15) is 31.3 Å². The van der Waals surface area contributed by atoms with Gasteiger partial charge in [0.05, 0.1) is 0 Å². The lowest BCUT2D eigenvalue weighted by Crippen LogP contribution is -2.18. The van der Waals surface area contributed by atoms with E-state index in [1.54, 1.807) is 42.5 Å². The predicted octanol–water partition coefficient (Wildman–Crippen LogP) is 2.68. The van der Waals surface area contributed by atoms with E-state index in [9.17, 15) is 14.4 Å². The molecule has 134 valence electrons. The molecule has 3 aromatic rings. The molecule has 0 bridgehead atoms. The van der Waals surface area contributed by atoms with E-state index in [2.05, 4.69) is 20.6 Å². The minimum absolute atomic E-state index is 0.0448. The van der Waals surface area contributed by atoms with Gasteiger partial charge >= 0.3 is 5.97 Å². The number of carboxylic acids is 1. The largest absolute Gasteiger partial charge is 0.477 e. The summed E-state index contributed by atoms with van der Waals surface area (Å²) in [6, 6.07) is 17.4. The summed E-state index contributed by atoms with van der Waals surface area (Å²) < 4.78 is 0. The molecule has 0 aliphatic rings. The lowest BCUT2D eigenvalue weighted by Gasteiger charge is -2.07. The van der Waals surface area contributed by atoms with Crippen LogP contribution in [-0.4, -0.2) is 32.9 Å². The van der Waals surface area contributed by atoms with Gasteiger partial charge in [0.25, 0.3) is 11.8 Å². The molecule has 0 aliphatic heterocycles. The number of nitrogens with one attached hydrogen (secondary N) is 2. The second-order valence-electron chi connectivity index (χ2n) is 5.40. The zero-order valence-electron chi connectivity index (χ0n) is 13.9. The van der Waals surface area contributed by atoms with E-state index in [0.717, 1.165) is 0 Å². The van der Waals surface area contributed by atoms with E-state index >= 15 is 0 Å². The normalized spacial score (nSPS) is 10.1. The third-order valence-electron chi connectivity index (χ3n) is 3.47. The molecule has 0 radical (unpaired) electrons. The number of benzene rings is 1. The number of carbonyl (C=O) groups is 3. The molecule has 0 fully saturated rings. The molecule has 0 saturated heterocycles. The summed E-state index contributed by atoms with van der Waals surface area (Å²) in [6.07, 6.45) is 0. The highest BCUT2D eigenvalue weighted by Crippen LogP contribution is 2.11. The highest BCUT2D eigenvalue weighted by atomic mass is 16.4. The molecular weight excluding hydrogens is 348 g/mol. The van der Waals surface area contributed by atoms with Gasteiger partial charge < -0.3 is 15.7 Å². The number of aromatic carboxylic acids is 1. The first-order chi connectivity index (χ1) is 13.0. The SMILES string of the molecule is O=C(Nc1cccc(C(=O)Nc2cccc(C(=O)O)n2)n1)c1ccccc1. The number of pyridine rings is 2. The maximum atomic E-state index is 12.3. The lowest BCUT2D eigenvalue weighted by atomic mass is 10.2. The summed E-state index contributed by atoms with van der Waals surface area (Å²) in [4.78, 5) is 43.4. The van der Waals surface area contributed by atoms with E-state index in [0.29, 0.717) is 5.56 Å². The first-order valence-corrected chi connectivity index (χ1v) is 7.88. The minimum Gasteiger partial charge on any atom is -0.477 e. The molecule has 2 heterocycles. The van der Waals surface area contributed by atoms with Gasteiger partial charge in [0.1, 0.15) is 17.3 Å². The fraction of sp³-hybridized carbons (Fsp3) is 0. The number of aromatic nitrogens is 2. The third-order valence-corrected chi connectivity index (χ3v) is 3.47. The first kappa shape index (κ1) is 17.7. The lowest BCUT2D eigenvalue weighted by molar-refractivity contribution is 0.0690. The fourth-order valence-electron chi connectivity index (χ4n) is 2.21. The third kappa shape index (κ3) is 4.51. The van der Waals surface area contributed by atoms with E-state index in [4.69, 9.17) is 5.11 Å². The zero-order chi connectivity index (χ0) is 19.2. The minimum atomic E-state index is -1.20. The van der Waals surface area contributed by atoms with Crippen molar-refractivity contribution in [1.29, 1.82) is 0 Å². The maximum Gasteiger partial charge on any atom is 0.354 e. The van der Waals surface area contributed by atoms with Crippen LogP contribution in [0.15, 0.2) is 66.7 Å². The number of carbonyl (C=O) groups excluding carboxylic acids is 2. The Morgan fingerprint density at radius 2 is 1.22 bits per heavy atom. The molecule has 8 nitrogen and oxygen atoms in total. The van der Waals surface area contributed by atoms with Gasteiger partial charge in [0.2, 0.25) is 0 Å². The summed E-state index contributed by atoms with van der Waals surface area (Å²) in [5.41, 5.74) is 0.317. The molecular formula is C19H14N4O4. The van der Waals surface area contributed by atoms with Gasteiger partial charge in [-0.25, -0.2) is 14.8 Å². The molecule has 8 heteroatoms. The smallest absolute Gasteiger partial charge is 0.354 e. The average Bonchev–Trinajstić information content (AvgIpc) is 2.69. The van der Waals surface area contributed by atoms with Crippen LogP contribution < -0.4 is 10.6 Å². The Kier molecular flexibility index (Phi) is 5.17. The molecule has 0 spiro atoms. The molecule has 3 N–H and O–H groups in total. The van der Waals surface area contributed by atoms with Gasteiger partial charge in [-0.05, 0) is 36.4 Å². The van der Waals surface area contributed by atoms with Crippen molar-refractivity contribution in [2.75, 3.05) is 10.6 Å². The number of hydrogen-bond acceptors (Lipinski definition) is 5. The molecule has 27 heavy (non-hydrogen) atoms. The highest BCUT2D eigenvalue weighted by Gasteiger charge is 2.12. The van der Waals surface area contributed by atoms with Crippen molar-refractivity contribution in [3.8, 4) is 0 Å². The van der Waals surface area contributed by atoms with E-state index < -0.39 is 11.9 Å². The molecule has 2 aromatic heterocycles. The Balaban J connectivity index is 1.73. The van der Waals surface area contributed by atoms with Crippen LogP contribution in [0.2, 0.25) is 0 Å². The van der Waals surface area contributed by atoms with Crippen LogP contribution >= 0.6 is 0 Å². The van der Waals surface area contributed by atoms with Crippen LogP contribution in [0, 0.1) is 0 Å². The van der Waals surface area contributed by atoms with Gasteiger partial charge in [0, 0.05) is 5.56 Å². The Labute approximate surface area is 153 Å². The summed E-state index contributed by atoms with van der Waals surface area (Å²) in [7, 11) is 0. The van der Waals surface area contributed by atoms with E-state index in [-0.39, 0.29) is 28.9 Å². The van der Waals surface area contributed by atoms with Gasteiger partial charge in [0.15, 0.2) is 5.69 Å². The number of rotatable bonds is 5. The fourth-order valence-corrected chi connectivity index (χ4v) is 2.21. The van der Waals surface area contributed by atoms with E-state index in [1.165, 1.54) is 24.3 Å².